The largest absolute Gasteiger partial charge is 0.384 e. The van der Waals surface area contributed by atoms with Crippen LogP contribution in [0, 0.1) is 5.41 Å². The van der Waals surface area contributed by atoms with Crippen LogP contribution in [-0.2, 0) is 16.6 Å². The number of nitrogen functional groups attached to an aromatic ring is 1. The molecule has 0 spiro atoms. The molecule has 0 fully saturated rings. The van der Waals surface area contributed by atoms with Gasteiger partial charge in [0.05, 0.1) is 4.90 Å². The molecule has 0 saturated carbocycles. The highest BCUT2D eigenvalue weighted by atomic mass is 35.5. The molecule has 0 bridgehead atoms. The highest BCUT2D eigenvalue weighted by Gasteiger charge is 2.15. The molecule has 5 N–H and O–H groups in total. The van der Waals surface area contributed by atoms with E-state index in [4.69, 9.17) is 22.7 Å². The molecular weight excluding hydrogens is 472 g/mol. The van der Waals surface area contributed by atoms with Crippen LogP contribution in [0.25, 0.3) is 10.8 Å². The van der Waals surface area contributed by atoms with Gasteiger partial charge in [0, 0.05) is 28.4 Å². The van der Waals surface area contributed by atoms with Gasteiger partial charge >= 0.3 is 0 Å². The Morgan fingerprint density at radius 3 is 2.32 bits per heavy atom. The van der Waals surface area contributed by atoms with Crippen LogP contribution in [0.4, 0.5) is 5.69 Å². The molecule has 0 heterocycles. The lowest BCUT2D eigenvalue weighted by Gasteiger charge is -2.12. The molecule has 34 heavy (non-hydrogen) atoms. The predicted molar refractivity (Wildman–Crippen MR) is 135 cm³/mol. The average molecular weight is 493 g/mol. The van der Waals surface area contributed by atoms with Crippen molar-refractivity contribution in [3.8, 4) is 0 Å². The molecule has 0 aliphatic carbocycles. The van der Waals surface area contributed by atoms with Gasteiger partial charge < -0.3 is 11.1 Å². The van der Waals surface area contributed by atoms with Gasteiger partial charge in [0.1, 0.15) is 5.84 Å². The van der Waals surface area contributed by atoms with E-state index in [1.165, 1.54) is 24.3 Å². The Kier molecular flexibility index (Phi) is 6.54. The van der Waals surface area contributed by atoms with Gasteiger partial charge in [-0.2, -0.15) is 0 Å². The number of halogens is 1. The normalized spacial score (nSPS) is 11.2. The summed E-state index contributed by atoms with van der Waals surface area (Å²) in [4.78, 5) is 12.9. The zero-order valence-corrected chi connectivity index (χ0v) is 19.5. The fraction of sp³-hybridized carbons (Fsp3) is 0.0400. The van der Waals surface area contributed by atoms with Gasteiger partial charge in [-0.15, -0.1) is 0 Å². The zero-order chi connectivity index (χ0) is 24.3. The summed E-state index contributed by atoms with van der Waals surface area (Å²) >= 11 is 5.84. The number of hydrogen-bond donors (Lipinski definition) is 4. The second-order valence-corrected chi connectivity index (χ2v) is 9.71. The molecule has 0 aliphatic heterocycles. The number of anilines is 1. The topological polar surface area (TPSA) is 125 Å². The lowest BCUT2D eigenvalue weighted by molar-refractivity contribution is 0.0952. The van der Waals surface area contributed by atoms with Crippen LogP contribution in [0.2, 0.25) is 5.02 Å². The van der Waals surface area contributed by atoms with E-state index >= 15 is 0 Å². The van der Waals surface area contributed by atoms with E-state index in [-0.39, 0.29) is 16.6 Å². The molecule has 4 rings (SSSR count). The number of sulfonamides is 1. The molecule has 172 valence electrons. The van der Waals surface area contributed by atoms with Crippen molar-refractivity contribution in [3.05, 3.63) is 107 Å². The van der Waals surface area contributed by atoms with Crippen LogP contribution >= 0.6 is 11.6 Å². The number of hydrogen-bond acceptors (Lipinski definition) is 4. The molecule has 4 aromatic rings. The van der Waals surface area contributed by atoms with Gasteiger partial charge in [-0.3, -0.25) is 14.9 Å². The highest BCUT2D eigenvalue weighted by molar-refractivity contribution is 7.92. The molecule has 0 radical (unpaired) electrons. The Labute approximate surface area is 202 Å². The van der Waals surface area contributed by atoms with E-state index in [9.17, 15) is 13.2 Å². The van der Waals surface area contributed by atoms with Crippen molar-refractivity contribution in [2.24, 2.45) is 5.73 Å². The molecular formula is C25H21ClN4O3S. The van der Waals surface area contributed by atoms with E-state index in [1.54, 1.807) is 54.6 Å². The molecule has 1 amide bonds. The van der Waals surface area contributed by atoms with Gasteiger partial charge in [0.15, 0.2) is 0 Å². The van der Waals surface area contributed by atoms with Crippen molar-refractivity contribution < 1.29 is 13.2 Å². The summed E-state index contributed by atoms with van der Waals surface area (Å²) in [5.74, 6) is -0.267. The number of benzene rings is 4. The van der Waals surface area contributed by atoms with E-state index in [1.807, 2.05) is 6.07 Å². The van der Waals surface area contributed by atoms with Gasteiger partial charge in [0.25, 0.3) is 15.9 Å². The first-order valence-corrected chi connectivity index (χ1v) is 12.1. The first kappa shape index (κ1) is 23.3. The van der Waals surface area contributed by atoms with Gasteiger partial charge in [0.2, 0.25) is 0 Å². The van der Waals surface area contributed by atoms with E-state index in [2.05, 4.69) is 10.0 Å². The molecule has 7 nitrogen and oxygen atoms in total. The maximum absolute atomic E-state index is 12.8. The Morgan fingerprint density at radius 1 is 0.941 bits per heavy atom. The molecule has 0 atom stereocenters. The van der Waals surface area contributed by atoms with Gasteiger partial charge in [-0.1, -0.05) is 54.1 Å². The summed E-state index contributed by atoms with van der Waals surface area (Å²) in [6.07, 6.45) is 0. The lowest BCUT2D eigenvalue weighted by atomic mass is 10.0. The summed E-state index contributed by atoms with van der Waals surface area (Å²) in [6, 6.07) is 23.2. The van der Waals surface area contributed by atoms with Gasteiger partial charge in [-0.05, 0) is 58.8 Å². The zero-order valence-electron chi connectivity index (χ0n) is 17.9. The standard InChI is InChI=1S/C25H21ClN4O3S/c26-19-8-11-21(12-9-19)34(32,33)30-20-10-13-22-18(14-20)2-1-3-23(22)25(31)29-15-16-4-6-17(7-5-16)24(27)28/h1-14,30H,15H2,(H3,27,28)(H,29,31). The van der Waals surface area contributed by atoms with Crippen LogP contribution in [0.1, 0.15) is 21.5 Å². The van der Waals surface area contributed by atoms with Crippen molar-refractivity contribution in [2.75, 3.05) is 4.72 Å². The molecule has 0 unspecified atom stereocenters. The number of carbonyl (C=O) groups is 1. The average Bonchev–Trinajstić information content (AvgIpc) is 2.82. The third kappa shape index (κ3) is 5.19. The number of carbonyl (C=O) groups excluding carboxylic acids is 1. The minimum atomic E-state index is -3.78. The maximum atomic E-state index is 12.8. The predicted octanol–water partition coefficient (Wildman–Crippen LogP) is 4.51. The summed E-state index contributed by atoms with van der Waals surface area (Å²) in [7, 11) is -3.78. The lowest BCUT2D eigenvalue weighted by Crippen LogP contribution is -2.23. The Bertz CT molecular complexity index is 1490. The van der Waals surface area contributed by atoms with E-state index in [0.717, 1.165) is 10.9 Å². The number of nitrogens with two attached hydrogens (primary N) is 1. The number of rotatable bonds is 7. The minimum Gasteiger partial charge on any atom is -0.384 e. The quantitative estimate of drug-likeness (QED) is 0.224. The number of fused-ring (bicyclic) bond motifs is 1. The monoisotopic (exact) mass is 492 g/mol. The molecule has 0 aromatic heterocycles. The Hall–Kier alpha value is -3.88. The number of amidine groups is 1. The van der Waals surface area contributed by atoms with Crippen LogP contribution in [0.3, 0.4) is 0 Å². The second-order valence-electron chi connectivity index (χ2n) is 7.59. The highest BCUT2D eigenvalue weighted by Crippen LogP contribution is 2.25. The van der Waals surface area contributed by atoms with E-state index < -0.39 is 10.0 Å². The Morgan fingerprint density at radius 2 is 1.65 bits per heavy atom. The molecule has 9 heteroatoms. The minimum absolute atomic E-state index is 0.0128. The van der Waals surface area contributed by atoms with Crippen molar-refractivity contribution in [1.82, 2.24) is 5.32 Å². The molecule has 0 aliphatic rings. The third-order valence-electron chi connectivity index (χ3n) is 5.22. The third-order valence-corrected chi connectivity index (χ3v) is 6.87. The summed E-state index contributed by atoms with van der Waals surface area (Å²) < 4.78 is 27.9. The fourth-order valence-corrected chi connectivity index (χ4v) is 4.63. The van der Waals surface area contributed by atoms with Crippen LogP contribution < -0.4 is 15.8 Å². The van der Waals surface area contributed by atoms with Crippen molar-refractivity contribution in [3.63, 3.8) is 0 Å². The molecule has 0 saturated heterocycles. The summed E-state index contributed by atoms with van der Waals surface area (Å²) in [5.41, 5.74) is 7.81. The van der Waals surface area contributed by atoms with Crippen LogP contribution in [0.5, 0.6) is 0 Å². The van der Waals surface area contributed by atoms with Crippen molar-refractivity contribution in [2.45, 2.75) is 11.4 Å². The Balaban J connectivity index is 1.51. The number of nitrogens with one attached hydrogen (secondary N) is 3. The summed E-state index contributed by atoms with van der Waals surface area (Å²) in [6.45, 7) is 0.312. The first-order chi connectivity index (χ1) is 16.2. The van der Waals surface area contributed by atoms with E-state index in [0.29, 0.717) is 33.8 Å². The summed E-state index contributed by atoms with van der Waals surface area (Å²) in [5, 5.41) is 12.2. The van der Waals surface area contributed by atoms with Crippen molar-refractivity contribution in [1.29, 1.82) is 5.41 Å². The van der Waals surface area contributed by atoms with Gasteiger partial charge in [-0.25, -0.2) is 8.42 Å². The van der Waals surface area contributed by atoms with Crippen LogP contribution in [0.15, 0.2) is 89.8 Å². The maximum Gasteiger partial charge on any atom is 0.261 e. The van der Waals surface area contributed by atoms with Crippen molar-refractivity contribution >= 4 is 49.8 Å². The van der Waals surface area contributed by atoms with Crippen LogP contribution in [-0.4, -0.2) is 20.2 Å². The molecule has 4 aromatic carbocycles. The first-order valence-electron chi connectivity index (χ1n) is 10.3. The second kappa shape index (κ2) is 9.54. The SMILES string of the molecule is N=C(N)c1ccc(CNC(=O)c2cccc3cc(NS(=O)(=O)c4ccc(Cl)cc4)ccc23)cc1. The fourth-order valence-electron chi connectivity index (χ4n) is 3.45. The number of amides is 1. The smallest absolute Gasteiger partial charge is 0.261 e.